The summed E-state index contributed by atoms with van der Waals surface area (Å²) in [5.41, 5.74) is 2.42. The summed E-state index contributed by atoms with van der Waals surface area (Å²) >= 11 is 0. The van der Waals surface area contributed by atoms with Crippen LogP contribution in [0.25, 0.3) is 0 Å². The van der Waals surface area contributed by atoms with E-state index in [-0.39, 0.29) is 11.7 Å². The number of nitrogens with zero attached hydrogens (tertiary/aromatic N) is 2. The van der Waals surface area contributed by atoms with E-state index in [2.05, 4.69) is 29.5 Å². The largest absolute Gasteiger partial charge is 0.459 e. The van der Waals surface area contributed by atoms with Gasteiger partial charge >= 0.3 is 0 Å². The molecule has 0 fully saturated rings. The lowest BCUT2D eigenvalue weighted by Crippen LogP contribution is -2.12. The summed E-state index contributed by atoms with van der Waals surface area (Å²) < 4.78 is 6.83. The van der Waals surface area contributed by atoms with E-state index >= 15 is 0 Å². The minimum Gasteiger partial charge on any atom is -0.459 e. The Morgan fingerprint density at radius 3 is 2.86 bits per heavy atom. The standard InChI is InChI=1S/C16H15N3O2/c1-12-5-2-3-6-13(12)11-19-9-8-15(18-19)17-16(20)14-7-4-10-21-14/h2-10H,11H2,1H3,(H,17,18,20). The molecule has 3 aromatic rings. The number of benzene rings is 1. The maximum atomic E-state index is 11.8. The van der Waals surface area contributed by atoms with Crippen LogP contribution >= 0.6 is 0 Å². The Kier molecular flexibility index (Phi) is 3.55. The molecule has 0 spiro atoms. The van der Waals surface area contributed by atoms with Crippen LogP contribution in [-0.2, 0) is 6.54 Å². The van der Waals surface area contributed by atoms with Gasteiger partial charge in [0, 0.05) is 12.3 Å². The number of aromatic nitrogens is 2. The van der Waals surface area contributed by atoms with Crippen LogP contribution in [0.15, 0.2) is 59.3 Å². The van der Waals surface area contributed by atoms with Crippen LogP contribution in [0.5, 0.6) is 0 Å². The third kappa shape index (κ3) is 3.02. The molecule has 0 radical (unpaired) electrons. The van der Waals surface area contributed by atoms with E-state index in [4.69, 9.17) is 4.42 Å². The molecule has 5 nitrogen and oxygen atoms in total. The second-order valence-corrected chi connectivity index (χ2v) is 4.76. The van der Waals surface area contributed by atoms with Crippen molar-refractivity contribution in [3.8, 4) is 0 Å². The third-order valence-electron chi connectivity index (χ3n) is 3.22. The van der Waals surface area contributed by atoms with E-state index in [0.717, 1.165) is 0 Å². The molecule has 21 heavy (non-hydrogen) atoms. The topological polar surface area (TPSA) is 60.1 Å². The van der Waals surface area contributed by atoms with Crippen molar-refractivity contribution in [2.75, 3.05) is 5.32 Å². The molecule has 5 heteroatoms. The van der Waals surface area contributed by atoms with Gasteiger partial charge in [-0.25, -0.2) is 0 Å². The van der Waals surface area contributed by atoms with Crippen LogP contribution in [0.2, 0.25) is 0 Å². The number of aryl methyl sites for hydroxylation is 1. The highest BCUT2D eigenvalue weighted by Gasteiger charge is 2.10. The predicted molar refractivity (Wildman–Crippen MR) is 79.2 cm³/mol. The molecule has 0 saturated heterocycles. The van der Waals surface area contributed by atoms with Gasteiger partial charge < -0.3 is 9.73 Å². The first-order valence-electron chi connectivity index (χ1n) is 6.65. The second kappa shape index (κ2) is 5.66. The van der Waals surface area contributed by atoms with Gasteiger partial charge in [-0.05, 0) is 30.2 Å². The van der Waals surface area contributed by atoms with Crippen LogP contribution in [0, 0.1) is 6.92 Å². The van der Waals surface area contributed by atoms with Gasteiger partial charge in [0.05, 0.1) is 12.8 Å². The number of nitrogens with one attached hydrogen (secondary N) is 1. The van der Waals surface area contributed by atoms with Gasteiger partial charge in [0.1, 0.15) is 0 Å². The highest BCUT2D eigenvalue weighted by molar-refractivity contribution is 6.01. The van der Waals surface area contributed by atoms with Gasteiger partial charge in [-0.15, -0.1) is 0 Å². The van der Waals surface area contributed by atoms with Crippen LogP contribution in [0.3, 0.4) is 0 Å². The summed E-state index contributed by atoms with van der Waals surface area (Å²) in [5, 5.41) is 7.04. The molecule has 0 aliphatic heterocycles. The van der Waals surface area contributed by atoms with Gasteiger partial charge in [-0.3, -0.25) is 9.48 Å². The summed E-state index contributed by atoms with van der Waals surface area (Å²) in [4.78, 5) is 11.8. The number of hydrogen-bond donors (Lipinski definition) is 1. The van der Waals surface area contributed by atoms with Gasteiger partial charge in [-0.2, -0.15) is 5.10 Å². The number of furan rings is 1. The Bertz CT molecular complexity index is 744. The molecule has 1 aromatic carbocycles. The Labute approximate surface area is 122 Å². The second-order valence-electron chi connectivity index (χ2n) is 4.76. The van der Waals surface area contributed by atoms with E-state index in [1.54, 1.807) is 22.9 Å². The molecular formula is C16H15N3O2. The lowest BCUT2D eigenvalue weighted by molar-refractivity contribution is 0.0996. The molecule has 2 aromatic heterocycles. The lowest BCUT2D eigenvalue weighted by atomic mass is 10.1. The normalized spacial score (nSPS) is 10.5. The number of carbonyl (C=O) groups is 1. The highest BCUT2D eigenvalue weighted by atomic mass is 16.3. The minimum absolute atomic E-state index is 0.267. The first-order chi connectivity index (χ1) is 10.2. The quantitative estimate of drug-likeness (QED) is 0.799. The van der Waals surface area contributed by atoms with Crippen LogP contribution in [0.4, 0.5) is 5.82 Å². The van der Waals surface area contributed by atoms with E-state index in [9.17, 15) is 4.79 Å². The SMILES string of the molecule is Cc1ccccc1Cn1ccc(NC(=O)c2ccco2)n1. The van der Waals surface area contributed by atoms with Crippen LogP contribution < -0.4 is 5.32 Å². The summed E-state index contributed by atoms with van der Waals surface area (Å²) in [7, 11) is 0. The zero-order valence-electron chi connectivity index (χ0n) is 11.6. The number of rotatable bonds is 4. The number of amides is 1. The molecule has 0 aliphatic carbocycles. The van der Waals surface area contributed by atoms with Crippen molar-refractivity contribution < 1.29 is 9.21 Å². The molecule has 3 rings (SSSR count). The molecular weight excluding hydrogens is 266 g/mol. The Morgan fingerprint density at radius 1 is 1.24 bits per heavy atom. The van der Waals surface area contributed by atoms with Crippen molar-refractivity contribution in [3.05, 3.63) is 71.8 Å². The zero-order valence-corrected chi connectivity index (χ0v) is 11.6. The minimum atomic E-state index is -0.304. The van der Waals surface area contributed by atoms with E-state index in [1.165, 1.54) is 17.4 Å². The average Bonchev–Trinajstić information content (AvgIpc) is 3.13. The summed E-state index contributed by atoms with van der Waals surface area (Å²) in [6.07, 6.45) is 3.30. The van der Waals surface area contributed by atoms with E-state index in [0.29, 0.717) is 12.4 Å². The van der Waals surface area contributed by atoms with Crippen molar-refractivity contribution in [3.63, 3.8) is 0 Å². The maximum Gasteiger partial charge on any atom is 0.292 e. The van der Waals surface area contributed by atoms with Crippen LogP contribution in [-0.4, -0.2) is 15.7 Å². The maximum absolute atomic E-state index is 11.8. The summed E-state index contributed by atoms with van der Waals surface area (Å²) in [6, 6.07) is 13.2. The Hall–Kier alpha value is -2.82. The molecule has 0 bridgehead atoms. The van der Waals surface area contributed by atoms with Crippen molar-refractivity contribution in [1.29, 1.82) is 0 Å². The van der Waals surface area contributed by atoms with Crippen molar-refractivity contribution >= 4 is 11.7 Å². The molecule has 0 aliphatic rings. The molecule has 106 valence electrons. The molecule has 1 N–H and O–H groups in total. The number of carbonyl (C=O) groups excluding carboxylic acids is 1. The molecule has 0 unspecified atom stereocenters. The van der Waals surface area contributed by atoms with Crippen molar-refractivity contribution in [1.82, 2.24) is 9.78 Å². The Morgan fingerprint density at radius 2 is 2.10 bits per heavy atom. The zero-order chi connectivity index (χ0) is 14.7. The first-order valence-corrected chi connectivity index (χ1v) is 6.65. The molecule has 0 saturated carbocycles. The fourth-order valence-corrected chi connectivity index (χ4v) is 2.06. The molecule has 0 atom stereocenters. The van der Waals surface area contributed by atoms with Gasteiger partial charge in [0.25, 0.3) is 5.91 Å². The highest BCUT2D eigenvalue weighted by Crippen LogP contribution is 2.11. The van der Waals surface area contributed by atoms with Crippen LogP contribution in [0.1, 0.15) is 21.7 Å². The fourth-order valence-electron chi connectivity index (χ4n) is 2.06. The molecule has 2 heterocycles. The number of hydrogen-bond acceptors (Lipinski definition) is 3. The first kappa shape index (κ1) is 13.2. The smallest absolute Gasteiger partial charge is 0.292 e. The predicted octanol–water partition coefficient (Wildman–Crippen LogP) is 3.09. The van der Waals surface area contributed by atoms with Gasteiger partial charge in [-0.1, -0.05) is 24.3 Å². The third-order valence-corrected chi connectivity index (χ3v) is 3.22. The lowest BCUT2D eigenvalue weighted by Gasteiger charge is -2.05. The average molecular weight is 281 g/mol. The van der Waals surface area contributed by atoms with Gasteiger partial charge in [0.15, 0.2) is 11.6 Å². The fraction of sp³-hybridized carbons (Fsp3) is 0.125. The van der Waals surface area contributed by atoms with E-state index in [1.807, 2.05) is 18.3 Å². The summed E-state index contributed by atoms with van der Waals surface area (Å²) in [5.74, 6) is 0.467. The summed E-state index contributed by atoms with van der Waals surface area (Å²) in [6.45, 7) is 2.74. The van der Waals surface area contributed by atoms with Gasteiger partial charge in [0.2, 0.25) is 0 Å². The molecule has 1 amide bonds. The van der Waals surface area contributed by atoms with Crippen molar-refractivity contribution in [2.24, 2.45) is 0 Å². The Balaban J connectivity index is 1.69. The monoisotopic (exact) mass is 281 g/mol. The van der Waals surface area contributed by atoms with E-state index < -0.39 is 0 Å². The van der Waals surface area contributed by atoms with Crippen molar-refractivity contribution in [2.45, 2.75) is 13.5 Å². The number of anilines is 1.